The molecule has 1 aromatic carbocycles. The summed E-state index contributed by atoms with van der Waals surface area (Å²) in [6, 6.07) is 5.56. The zero-order chi connectivity index (χ0) is 16.9. The van der Waals surface area contributed by atoms with Gasteiger partial charge in [0.15, 0.2) is 0 Å². The lowest BCUT2D eigenvalue weighted by atomic mass is 9.59. The maximum Gasteiger partial charge on any atom is 0.338 e. The molecule has 0 radical (unpaired) electrons. The molecule has 0 amide bonds. The summed E-state index contributed by atoms with van der Waals surface area (Å²) in [6.45, 7) is 6.89. The largest absolute Gasteiger partial charge is 0.458 e. The van der Waals surface area contributed by atoms with Crippen molar-refractivity contribution in [3.63, 3.8) is 0 Å². The monoisotopic (exact) mass is 327 g/mol. The molecule has 2 aromatic rings. The predicted molar refractivity (Wildman–Crippen MR) is 86.9 cm³/mol. The van der Waals surface area contributed by atoms with Crippen LogP contribution in [0.5, 0.6) is 0 Å². The minimum atomic E-state index is -0.263. The first-order chi connectivity index (χ1) is 11.5. The van der Waals surface area contributed by atoms with Crippen LogP contribution in [0.2, 0.25) is 0 Å². The molecule has 1 saturated heterocycles. The fourth-order valence-corrected chi connectivity index (χ4v) is 4.06. The van der Waals surface area contributed by atoms with Crippen molar-refractivity contribution in [1.29, 1.82) is 0 Å². The van der Waals surface area contributed by atoms with Gasteiger partial charge in [-0.05, 0) is 37.1 Å². The Morgan fingerprint density at radius 3 is 2.96 bits per heavy atom. The van der Waals surface area contributed by atoms with E-state index >= 15 is 0 Å². The Balaban J connectivity index is 1.53. The molecule has 1 aromatic heterocycles. The minimum absolute atomic E-state index is 0.0770. The summed E-state index contributed by atoms with van der Waals surface area (Å²) < 4.78 is 13.3. The number of esters is 1. The highest BCUT2D eigenvalue weighted by molar-refractivity contribution is 5.91. The van der Waals surface area contributed by atoms with Crippen LogP contribution in [0.3, 0.4) is 0 Å². The third kappa shape index (κ3) is 2.24. The molecule has 0 spiro atoms. The zero-order valence-electron chi connectivity index (χ0n) is 14.1. The Hall–Kier alpha value is -2.21. The first-order valence-corrected chi connectivity index (χ1v) is 8.27. The SMILES string of the molecule is Cc1cc(-n2cncn2)ccc1C(=O)O[C@@H]1[C@@H]2CCO[C@@H]2C1(C)C. The molecule has 0 unspecified atom stereocenters. The Bertz CT molecular complexity index is 770. The molecule has 3 atom stereocenters. The topological polar surface area (TPSA) is 66.2 Å². The summed E-state index contributed by atoms with van der Waals surface area (Å²) in [5.74, 6) is 0.0692. The number of nitrogens with zero attached hydrogens (tertiary/aromatic N) is 3. The van der Waals surface area contributed by atoms with E-state index in [-0.39, 0.29) is 23.6 Å². The number of ether oxygens (including phenoxy) is 2. The molecular weight excluding hydrogens is 306 g/mol. The third-order valence-electron chi connectivity index (χ3n) is 5.34. The number of aryl methyl sites for hydroxylation is 1. The fraction of sp³-hybridized carbons (Fsp3) is 0.500. The normalized spacial score (nSPS) is 27.4. The molecule has 4 rings (SSSR count). The molecular formula is C18H21N3O3. The van der Waals surface area contributed by atoms with Gasteiger partial charge in [-0.15, -0.1) is 0 Å². The first-order valence-electron chi connectivity index (χ1n) is 8.27. The molecule has 24 heavy (non-hydrogen) atoms. The summed E-state index contributed by atoms with van der Waals surface area (Å²) in [5.41, 5.74) is 2.21. The molecule has 2 heterocycles. The molecule has 0 bridgehead atoms. The van der Waals surface area contributed by atoms with Crippen LogP contribution in [0.1, 0.15) is 36.2 Å². The van der Waals surface area contributed by atoms with E-state index in [1.54, 1.807) is 17.1 Å². The van der Waals surface area contributed by atoms with Gasteiger partial charge in [0.05, 0.1) is 17.4 Å². The van der Waals surface area contributed by atoms with Crippen LogP contribution >= 0.6 is 0 Å². The minimum Gasteiger partial charge on any atom is -0.458 e. The summed E-state index contributed by atoms with van der Waals surface area (Å²) in [6.07, 6.45) is 4.22. The van der Waals surface area contributed by atoms with E-state index in [1.807, 2.05) is 19.1 Å². The lowest BCUT2D eigenvalue weighted by Gasteiger charge is -2.53. The Morgan fingerprint density at radius 2 is 2.25 bits per heavy atom. The van der Waals surface area contributed by atoms with Gasteiger partial charge in [-0.3, -0.25) is 0 Å². The Kier molecular flexibility index (Phi) is 3.46. The van der Waals surface area contributed by atoms with Crippen LogP contribution in [0.4, 0.5) is 0 Å². The van der Waals surface area contributed by atoms with E-state index in [2.05, 4.69) is 23.9 Å². The van der Waals surface area contributed by atoms with Crippen molar-refractivity contribution >= 4 is 5.97 Å². The number of carbonyl (C=O) groups is 1. The van der Waals surface area contributed by atoms with E-state index in [9.17, 15) is 4.79 Å². The molecule has 1 aliphatic heterocycles. The predicted octanol–water partition coefficient (Wildman–Crippen LogP) is 2.55. The lowest BCUT2D eigenvalue weighted by molar-refractivity contribution is -0.183. The average molecular weight is 327 g/mol. The van der Waals surface area contributed by atoms with Gasteiger partial charge in [-0.25, -0.2) is 14.5 Å². The number of fused-ring (bicyclic) bond motifs is 1. The summed E-state index contributed by atoms with van der Waals surface area (Å²) in [7, 11) is 0. The van der Waals surface area contributed by atoms with Crippen LogP contribution in [0, 0.1) is 18.3 Å². The van der Waals surface area contributed by atoms with E-state index in [1.165, 1.54) is 6.33 Å². The van der Waals surface area contributed by atoms with Gasteiger partial charge >= 0.3 is 5.97 Å². The smallest absolute Gasteiger partial charge is 0.338 e. The van der Waals surface area contributed by atoms with Crippen LogP contribution in [0.25, 0.3) is 5.69 Å². The van der Waals surface area contributed by atoms with Crippen molar-refractivity contribution in [3.05, 3.63) is 42.0 Å². The van der Waals surface area contributed by atoms with E-state index in [4.69, 9.17) is 9.47 Å². The van der Waals surface area contributed by atoms with Crippen LogP contribution in [0.15, 0.2) is 30.9 Å². The second kappa shape index (κ2) is 5.41. The number of aromatic nitrogens is 3. The van der Waals surface area contributed by atoms with Crippen LogP contribution in [-0.2, 0) is 9.47 Å². The lowest BCUT2D eigenvalue weighted by Crippen LogP contribution is -2.61. The van der Waals surface area contributed by atoms with E-state index in [0.717, 1.165) is 24.3 Å². The van der Waals surface area contributed by atoms with Crippen molar-refractivity contribution in [3.8, 4) is 5.69 Å². The highest BCUT2D eigenvalue weighted by Gasteiger charge is 2.61. The third-order valence-corrected chi connectivity index (χ3v) is 5.34. The highest BCUT2D eigenvalue weighted by atomic mass is 16.6. The second-order valence-corrected chi connectivity index (χ2v) is 7.23. The van der Waals surface area contributed by atoms with Crippen LogP contribution < -0.4 is 0 Å². The average Bonchev–Trinajstić information content (AvgIpc) is 3.22. The standard InChI is InChI=1S/C18H21N3O3/c1-11-8-12(21-10-19-9-20-21)4-5-13(11)17(22)24-16-14-6-7-23-15(14)18(16,2)3/h4-5,8-10,14-16H,6-7H2,1-3H3/t14-,15+,16-/m1/s1. The van der Waals surface area contributed by atoms with Crippen molar-refractivity contribution in [2.75, 3.05) is 6.61 Å². The fourth-order valence-electron chi connectivity index (χ4n) is 4.06. The summed E-state index contributed by atoms with van der Waals surface area (Å²) >= 11 is 0. The first kappa shape index (κ1) is 15.3. The highest BCUT2D eigenvalue weighted by Crippen LogP contribution is 2.53. The maximum atomic E-state index is 12.6. The number of rotatable bonds is 3. The van der Waals surface area contributed by atoms with Gasteiger partial charge in [0, 0.05) is 17.9 Å². The van der Waals surface area contributed by atoms with E-state index < -0.39 is 0 Å². The molecule has 1 aliphatic carbocycles. The molecule has 0 N–H and O–H groups in total. The van der Waals surface area contributed by atoms with Gasteiger partial charge in [0.25, 0.3) is 0 Å². The van der Waals surface area contributed by atoms with Gasteiger partial charge in [0.2, 0.25) is 0 Å². The molecule has 6 nitrogen and oxygen atoms in total. The number of carbonyl (C=O) groups excluding carboxylic acids is 1. The van der Waals surface area contributed by atoms with Crippen molar-refractivity contribution < 1.29 is 14.3 Å². The number of hydrogen-bond acceptors (Lipinski definition) is 5. The molecule has 2 fully saturated rings. The van der Waals surface area contributed by atoms with E-state index in [0.29, 0.717) is 11.5 Å². The molecule has 2 aliphatic rings. The summed E-state index contributed by atoms with van der Waals surface area (Å²) in [4.78, 5) is 16.6. The number of benzene rings is 1. The van der Waals surface area contributed by atoms with Gasteiger partial charge < -0.3 is 9.47 Å². The van der Waals surface area contributed by atoms with Gasteiger partial charge in [-0.2, -0.15) is 5.10 Å². The summed E-state index contributed by atoms with van der Waals surface area (Å²) in [5, 5.41) is 4.10. The molecule has 6 heteroatoms. The van der Waals surface area contributed by atoms with Crippen molar-refractivity contribution in [1.82, 2.24) is 14.8 Å². The van der Waals surface area contributed by atoms with Crippen LogP contribution in [-0.4, -0.2) is 39.5 Å². The van der Waals surface area contributed by atoms with Crippen molar-refractivity contribution in [2.24, 2.45) is 11.3 Å². The van der Waals surface area contributed by atoms with Gasteiger partial charge in [0.1, 0.15) is 18.8 Å². The molecule has 126 valence electrons. The Morgan fingerprint density at radius 1 is 1.42 bits per heavy atom. The Labute approximate surface area is 140 Å². The van der Waals surface area contributed by atoms with Crippen molar-refractivity contribution in [2.45, 2.75) is 39.4 Å². The number of hydrogen-bond donors (Lipinski definition) is 0. The molecule has 1 saturated carbocycles. The zero-order valence-corrected chi connectivity index (χ0v) is 14.1. The quantitative estimate of drug-likeness (QED) is 0.811. The maximum absolute atomic E-state index is 12.6. The van der Waals surface area contributed by atoms with Gasteiger partial charge in [-0.1, -0.05) is 13.8 Å². The second-order valence-electron chi connectivity index (χ2n) is 7.23.